The summed E-state index contributed by atoms with van der Waals surface area (Å²) in [4.78, 5) is 2.58. The summed E-state index contributed by atoms with van der Waals surface area (Å²) in [5, 5.41) is 8.52. The Hall–Kier alpha value is -1.32. The highest BCUT2D eigenvalue weighted by Gasteiger charge is 2.28. The minimum atomic E-state index is 0.772. The van der Waals surface area contributed by atoms with Crippen LogP contribution >= 0.6 is 11.6 Å². The lowest BCUT2D eigenvalue weighted by Crippen LogP contribution is -2.32. The van der Waals surface area contributed by atoms with Crippen molar-refractivity contribution in [2.75, 3.05) is 13.1 Å². The van der Waals surface area contributed by atoms with E-state index in [2.05, 4.69) is 27.2 Å². The molecule has 0 atom stereocenters. The molecule has 1 aromatic carbocycles. The van der Waals surface area contributed by atoms with Crippen LogP contribution in [0.3, 0.4) is 0 Å². The van der Waals surface area contributed by atoms with E-state index in [0.29, 0.717) is 0 Å². The molecule has 1 aromatic heterocycles. The zero-order valence-corrected chi connectivity index (χ0v) is 12.2. The number of nitrogens with zero attached hydrogens (tertiary/aromatic N) is 2. The van der Waals surface area contributed by atoms with E-state index in [1.165, 1.54) is 30.6 Å². The molecule has 104 valence electrons. The van der Waals surface area contributed by atoms with Crippen molar-refractivity contribution in [2.45, 2.75) is 25.8 Å². The number of rotatable bonds is 3. The maximum Gasteiger partial charge on any atom is 0.0968 e. The summed E-state index contributed by atoms with van der Waals surface area (Å²) in [7, 11) is 0. The molecule has 1 aliphatic carbocycles. The average molecular weight is 288 g/mol. The second-order valence-corrected chi connectivity index (χ2v) is 6.40. The quantitative estimate of drug-likeness (QED) is 0.937. The molecule has 20 heavy (non-hydrogen) atoms. The molecule has 4 heteroatoms. The van der Waals surface area contributed by atoms with E-state index in [4.69, 9.17) is 11.6 Å². The molecule has 1 saturated carbocycles. The van der Waals surface area contributed by atoms with Crippen LogP contribution in [0.4, 0.5) is 0 Å². The van der Waals surface area contributed by atoms with E-state index >= 15 is 0 Å². The molecule has 0 unspecified atom stereocenters. The van der Waals surface area contributed by atoms with E-state index in [1.54, 1.807) is 0 Å². The highest BCUT2D eigenvalue weighted by molar-refractivity contribution is 6.30. The normalized spacial score (nSPS) is 19.1. The van der Waals surface area contributed by atoms with Crippen LogP contribution in [0.25, 0.3) is 11.3 Å². The number of fused-ring (bicyclic) bond motifs is 1. The van der Waals surface area contributed by atoms with Crippen molar-refractivity contribution in [3.05, 3.63) is 40.5 Å². The summed E-state index contributed by atoms with van der Waals surface area (Å²) in [5.41, 5.74) is 4.93. The van der Waals surface area contributed by atoms with Crippen molar-refractivity contribution >= 4 is 11.6 Å². The molecule has 3 nitrogen and oxygen atoms in total. The molecule has 4 rings (SSSR count). The number of H-pyrrole nitrogens is 1. The van der Waals surface area contributed by atoms with Gasteiger partial charge in [-0.05, 0) is 30.9 Å². The van der Waals surface area contributed by atoms with E-state index in [-0.39, 0.29) is 0 Å². The molecule has 0 saturated heterocycles. The minimum absolute atomic E-state index is 0.772. The number of aromatic amines is 1. The molecule has 2 aliphatic rings. The lowest BCUT2D eigenvalue weighted by Gasteiger charge is -2.26. The standard InChI is InChI=1S/C16H18ClN3/c17-13-5-3-12(4-6-13)16-14-10-20(9-11-1-2-11)8-7-15(14)18-19-16/h3-6,11H,1-2,7-10H2,(H,18,19). The first-order chi connectivity index (χ1) is 9.79. The summed E-state index contributed by atoms with van der Waals surface area (Å²) < 4.78 is 0. The van der Waals surface area contributed by atoms with Crippen LogP contribution in [-0.2, 0) is 13.0 Å². The Morgan fingerprint density at radius 1 is 1.25 bits per heavy atom. The van der Waals surface area contributed by atoms with Crippen LogP contribution in [0.5, 0.6) is 0 Å². The van der Waals surface area contributed by atoms with Gasteiger partial charge >= 0.3 is 0 Å². The van der Waals surface area contributed by atoms with E-state index in [0.717, 1.165) is 41.7 Å². The number of benzene rings is 1. The van der Waals surface area contributed by atoms with Crippen LogP contribution in [0.1, 0.15) is 24.1 Å². The van der Waals surface area contributed by atoms with E-state index in [1.807, 2.05) is 12.1 Å². The van der Waals surface area contributed by atoms with Crippen LogP contribution in [0.15, 0.2) is 24.3 Å². The van der Waals surface area contributed by atoms with E-state index < -0.39 is 0 Å². The third-order valence-electron chi connectivity index (χ3n) is 4.34. The SMILES string of the molecule is Clc1ccc(-c2n[nH]c3c2CN(CC2CC2)CC3)cc1. The lowest BCUT2D eigenvalue weighted by atomic mass is 10.0. The average Bonchev–Trinajstić information content (AvgIpc) is 3.17. The molecule has 0 amide bonds. The van der Waals surface area contributed by atoms with Gasteiger partial charge in [0.25, 0.3) is 0 Å². The summed E-state index contributed by atoms with van der Waals surface area (Å²) in [5.74, 6) is 0.947. The van der Waals surface area contributed by atoms with Crippen LogP contribution in [-0.4, -0.2) is 28.2 Å². The van der Waals surface area contributed by atoms with Gasteiger partial charge in [-0.25, -0.2) is 0 Å². The maximum atomic E-state index is 5.97. The molecule has 2 heterocycles. The summed E-state index contributed by atoms with van der Waals surface area (Å²) in [6.45, 7) is 3.44. The first kappa shape index (κ1) is 12.4. The van der Waals surface area contributed by atoms with Crippen LogP contribution in [0.2, 0.25) is 5.02 Å². The molecule has 0 bridgehead atoms. The van der Waals surface area contributed by atoms with Crippen molar-refractivity contribution in [1.29, 1.82) is 0 Å². The van der Waals surface area contributed by atoms with Gasteiger partial charge in [-0.2, -0.15) is 5.10 Å². The molecular formula is C16H18ClN3. The molecule has 2 aromatic rings. The molecule has 1 fully saturated rings. The van der Waals surface area contributed by atoms with Gasteiger partial charge < -0.3 is 0 Å². The molecule has 0 spiro atoms. The van der Waals surface area contributed by atoms with Crippen molar-refractivity contribution in [1.82, 2.24) is 15.1 Å². The van der Waals surface area contributed by atoms with Crippen molar-refractivity contribution in [3.8, 4) is 11.3 Å². The number of halogens is 1. The van der Waals surface area contributed by atoms with E-state index in [9.17, 15) is 0 Å². The second kappa shape index (κ2) is 4.90. The van der Waals surface area contributed by atoms with Gasteiger partial charge in [0.2, 0.25) is 0 Å². The van der Waals surface area contributed by atoms with Crippen LogP contribution in [0, 0.1) is 5.92 Å². The third-order valence-corrected chi connectivity index (χ3v) is 4.60. The molecule has 1 aliphatic heterocycles. The van der Waals surface area contributed by atoms with Crippen LogP contribution < -0.4 is 0 Å². The monoisotopic (exact) mass is 287 g/mol. The molecule has 1 N–H and O–H groups in total. The Kier molecular flexibility index (Phi) is 3.04. The van der Waals surface area contributed by atoms with Gasteiger partial charge in [0, 0.05) is 47.9 Å². The van der Waals surface area contributed by atoms with Crippen molar-refractivity contribution in [3.63, 3.8) is 0 Å². The smallest absolute Gasteiger partial charge is 0.0968 e. The first-order valence-electron chi connectivity index (χ1n) is 7.34. The highest BCUT2D eigenvalue weighted by atomic mass is 35.5. The van der Waals surface area contributed by atoms with Crippen molar-refractivity contribution < 1.29 is 0 Å². The zero-order chi connectivity index (χ0) is 13.5. The molecular weight excluding hydrogens is 270 g/mol. The maximum absolute atomic E-state index is 5.97. The predicted molar refractivity (Wildman–Crippen MR) is 80.7 cm³/mol. The molecule has 0 radical (unpaired) electrons. The number of nitrogens with one attached hydrogen (secondary N) is 1. The Bertz CT molecular complexity index is 613. The lowest BCUT2D eigenvalue weighted by molar-refractivity contribution is 0.243. The Labute approximate surface area is 123 Å². The van der Waals surface area contributed by atoms with Gasteiger partial charge in [0.15, 0.2) is 0 Å². The Balaban J connectivity index is 1.62. The zero-order valence-electron chi connectivity index (χ0n) is 11.4. The predicted octanol–water partition coefficient (Wildman–Crippen LogP) is 3.50. The summed E-state index contributed by atoms with van der Waals surface area (Å²) in [6, 6.07) is 7.97. The van der Waals surface area contributed by atoms with Gasteiger partial charge in [0.05, 0.1) is 5.69 Å². The fraction of sp³-hybridized carbons (Fsp3) is 0.438. The Morgan fingerprint density at radius 2 is 2.05 bits per heavy atom. The fourth-order valence-corrected chi connectivity index (χ4v) is 3.14. The van der Waals surface area contributed by atoms with Gasteiger partial charge in [0.1, 0.15) is 0 Å². The topological polar surface area (TPSA) is 31.9 Å². The number of hydrogen-bond acceptors (Lipinski definition) is 2. The fourth-order valence-electron chi connectivity index (χ4n) is 3.02. The number of aromatic nitrogens is 2. The van der Waals surface area contributed by atoms with Gasteiger partial charge in [-0.1, -0.05) is 23.7 Å². The number of hydrogen-bond donors (Lipinski definition) is 1. The Morgan fingerprint density at radius 3 is 2.80 bits per heavy atom. The minimum Gasteiger partial charge on any atom is -0.298 e. The van der Waals surface area contributed by atoms with Gasteiger partial charge in [-0.3, -0.25) is 10.00 Å². The summed E-state index contributed by atoms with van der Waals surface area (Å²) >= 11 is 5.97. The largest absolute Gasteiger partial charge is 0.298 e. The highest BCUT2D eigenvalue weighted by Crippen LogP contribution is 2.33. The third kappa shape index (κ3) is 2.36. The second-order valence-electron chi connectivity index (χ2n) is 5.96. The van der Waals surface area contributed by atoms with Gasteiger partial charge in [-0.15, -0.1) is 0 Å². The summed E-state index contributed by atoms with van der Waals surface area (Å²) in [6.07, 6.45) is 3.92. The first-order valence-corrected chi connectivity index (χ1v) is 7.72. The van der Waals surface area contributed by atoms with Crippen molar-refractivity contribution in [2.24, 2.45) is 5.92 Å².